The summed E-state index contributed by atoms with van der Waals surface area (Å²) in [5.41, 5.74) is 4.49. The Hall–Kier alpha value is -3.87. The number of aromatic nitrogens is 3. The van der Waals surface area contributed by atoms with Gasteiger partial charge in [0.1, 0.15) is 18.2 Å². The van der Waals surface area contributed by atoms with Crippen LogP contribution in [0.2, 0.25) is 0 Å². The van der Waals surface area contributed by atoms with Crippen LogP contribution in [0.15, 0.2) is 66.7 Å². The molecule has 36 heavy (non-hydrogen) atoms. The van der Waals surface area contributed by atoms with Gasteiger partial charge in [-0.2, -0.15) is 0 Å². The third kappa shape index (κ3) is 5.05. The first-order valence-corrected chi connectivity index (χ1v) is 12.4. The van der Waals surface area contributed by atoms with Crippen LogP contribution in [0.5, 0.6) is 5.75 Å². The lowest BCUT2D eigenvalue weighted by atomic mass is 9.76. The number of pyridine rings is 1. The maximum absolute atomic E-state index is 11.8. The third-order valence-corrected chi connectivity index (χ3v) is 7.01. The van der Waals surface area contributed by atoms with Crippen LogP contribution in [-0.4, -0.2) is 43.6 Å². The molecule has 0 spiro atoms. The van der Waals surface area contributed by atoms with E-state index in [-0.39, 0.29) is 17.4 Å². The van der Waals surface area contributed by atoms with Gasteiger partial charge in [-0.3, -0.25) is 0 Å². The van der Waals surface area contributed by atoms with E-state index in [0.29, 0.717) is 18.8 Å². The second kappa shape index (κ2) is 9.64. The maximum atomic E-state index is 11.8. The van der Waals surface area contributed by atoms with Crippen molar-refractivity contribution in [2.45, 2.75) is 52.2 Å². The van der Waals surface area contributed by atoms with Gasteiger partial charge in [-0.1, -0.05) is 51.1 Å². The molecule has 2 aromatic carbocycles. The Balaban J connectivity index is 1.31. The standard InChI is InChI=1S/C29H32N4O3/c1-29(2,3)25-17-21(15-16-33(25)28(34)35)23-13-14-24-27(30-23)32-26(31-24)20-9-11-22(12-10-20)36-18-19-7-5-4-6-8-19/h4-14,21,25H,15-18H2,1-3H3,(H,34,35)(H,30,31,32). The van der Waals surface area contributed by atoms with E-state index >= 15 is 0 Å². The highest BCUT2D eigenvalue weighted by atomic mass is 16.5. The molecule has 0 bridgehead atoms. The Bertz CT molecular complexity index is 1340. The van der Waals surface area contributed by atoms with Crippen molar-refractivity contribution in [3.63, 3.8) is 0 Å². The van der Waals surface area contributed by atoms with Gasteiger partial charge >= 0.3 is 6.09 Å². The van der Waals surface area contributed by atoms with Gasteiger partial charge in [0.25, 0.3) is 0 Å². The van der Waals surface area contributed by atoms with Gasteiger partial charge in [0.15, 0.2) is 5.65 Å². The highest BCUT2D eigenvalue weighted by Gasteiger charge is 2.39. The smallest absolute Gasteiger partial charge is 0.407 e. The number of hydrogen-bond acceptors (Lipinski definition) is 4. The monoisotopic (exact) mass is 484 g/mol. The second-order valence-corrected chi connectivity index (χ2v) is 10.6. The van der Waals surface area contributed by atoms with E-state index in [0.717, 1.165) is 46.8 Å². The van der Waals surface area contributed by atoms with Gasteiger partial charge in [-0.25, -0.2) is 14.8 Å². The van der Waals surface area contributed by atoms with Crippen LogP contribution in [0, 0.1) is 5.41 Å². The molecule has 0 radical (unpaired) electrons. The fourth-order valence-corrected chi connectivity index (χ4v) is 5.01. The summed E-state index contributed by atoms with van der Waals surface area (Å²) >= 11 is 0. The topological polar surface area (TPSA) is 91.3 Å². The number of amides is 1. The molecular weight excluding hydrogens is 452 g/mol. The lowest BCUT2D eigenvalue weighted by molar-refractivity contribution is 0.0521. The van der Waals surface area contributed by atoms with Crippen LogP contribution >= 0.6 is 0 Å². The molecule has 186 valence electrons. The number of aromatic amines is 1. The molecule has 7 nitrogen and oxygen atoms in total. The zero-order valence-electron chi connectivity index (χ0n) is 20.9. The third-order valence-electron chi connectivity index (χ3n) is 7.01. The van der Waals surface area contributed by atoms with Crippen molar-refractivity contribution in [3.05, 3.63) is 78.0 Å². The fourth-order valence-electron chi connectivity index (χ4n) is 5.01. The molecule has 5 rings (SSSR count). The van der Waals surface area contributed by atoms with E-state index < -0.39 is 6.09 Å². The zero-order chi connectivity index (χ0) is 25.3. The minimum absolute atomic E-state index is 0.0522. The predicted molar refractivity (Wildman–Crippen MR) is 140 cm³/mol. The van der Waals surface area contributed by atoms with E-state index in [2.05, 4.69) is 25.8 Å². The lowest BCUT2D eigenvalue weighted by Gasteiger charge is -2.44. The number of carboxylic acid groups (broad SMARTS) is 1. The molecule has 0 aliphatic carbocycles. The maximum Gasteiger partial charge on any atom is 0.407 e. The first kappa shape index (κ1) is 23.9. The molecule has 2 atom stereocenters. The van der Waals surface area contributed by atoms with Crippen LogP contribution in [0.25, 0.3) is 22.6 Å². The minimum atomic E-state index is -0.842. The van der Waals surface area contributed by atoms with Crippen LogP contribution in [0.4, 0.5) is 4.79 Å². The van der Waals surface area contributed by atoms with E-state index in [1.54, 1.807) is 4.90 Å². The zero-order valence-corrected chi connectivity index (χ0v) is 20.9. The van der Waals surface area contributed by atoms with Gasteiger partial charge in [-0.05, 0) is 60.2 Å². The quantitative estimate of drug-likeness (QED) is 0.338. The van der Waals surface area contributed by atoms with E-state index in [1.165, 1.54) is 0 Å². The van der Waals surface area contributed by atoms with E-state index in [1.807, 2.05) is 66.7 Å². The first-order chi connectivity index (χ1) is 17.3. The van der Waals surface area contributed by atoms with Crippen molar-refractivity contribution in [1.29, 1.82) is 0 Å². The number of hydrogen-bond donors (Lipinski definition) is 2. The fraction of sp³-hybridized carbons (Fsp3) is 0.345. The van der Waals surface area contributed by atoms with Crippen LogP contribution in [0.3, 0.4) is 0 Å². The van der Waals surface area contributed by atoms with Crippen LogP contribution < -0.4 is 4.74 Å². The molecule has 4 aromatic rings. The number of rotatable bonds is 5. The molecule has 1 aliphatic rings. The summed E-state index contributed by atoms with van der Waals surface area (Å²) in [6.07, 6.45) is 0.681. The van der Waals surface area contributed by atoms with Crippen LogP contribution in [-0.2, 0) is 6.61 Å². The summed E-state index contributed by atoms with van der Waals surface area (Å²) in [6, 6.07) is 22.0. The summed E-state index contributed by atoms with van der Waals surface area (Å²) in [5, 5.41) is 9.67. The average molecular weight is 485 g/mol. The highest BCUT2D eigenvalue weighted by Crippen LogP contribution is 2.39. The number of ether oxygens (including phenoxy) is 1. The highest BCUT2D eigenvalue weighted by molar-refractivity contribution is 5.76. The van der Waals surface area contributed by atoms with Crippen molar-refractivity contribution in [2.24, 2.45) is 5.41 Å². The number of nitrogens with one attached hydrogen (secondary N) is 1. The van der Waals surface area contributed by atoms with Crippen molar-refractivity contribution in [3.8, 4) is 17.1 Å². The summed E-state index contributed by atoms with van der Waals surface area (Å²) in [6.45, 7) is 7.35. The van der Waals surface area contributed by atoms with Crippen LogP contribution in [0.1, 0.15) is 50.8 Å². The lowest BCUT2D eigenvalue weighted by Crippen LogP contribution is -2.51. The molecule has 1 saturated heterocycles. The summed E-state index contributed by atoms with van der Waals surface area (Å²) in [4.78, 5) is 26.4. The molecule has 1 fully saturated rings. The Labute approximate surface area is 211 Å². The minimum Gasteiger partial charge on any atom is -0.489 e. The Morgan fingerprint density at radius 3 is 2.50 bits per heavy atom. The SMILES string of the molecule is CC(C)(C)C1CC(c2ccc3[nH]c(-c4ccc(OCc5ccccc5)cc4)nc3n2)CCN1C(=O)O. The molecule has 2 aromatic heterocycles. The number of piperidine rings is 1. The molecule has 1 amide bonds. The predicted octanol–water partition coefficient (Wildman–Crippen LogP) is 6.48. The molecule has 7 heteroatoms. The summed E-state index contributed by atoms with van der Waals surface area (Å²) in [7, 11) is 0. The molecule has 2 unspecified atom stereocenters. The first-order valence-electron chi connectivity index (χ1n) is 12.4. The number of nitrogens with zero attached hydrogens (tertiary/aromatic N) is 3. The molecule has 1 aliphatic heterocycles. The number of imidazole rings is 1. The van der Waals surface area contributed by atoms with Gasteiger partial charge < -0.3 is 19.7 Å². The number of likely N-dealkylation sites (tertiary alicyclic amines) is 1. The van der Waals surface area contributed by atoms with E-state index in [4.69, 9.17) is 14.7 Å². The van der Waals surface area contributed by atoms with Gasteiger partial charge in [-0.15, -0.1) is 0 Å². The number of benzene rings is 2. The summed E-state index contributed by atoms with van der Waals surface area (Å²) < 4.78 is 5.90. The normalized spacial score (nSPS) is 18.4. The molecule has 0 saturated carbocycles. The van der Waals surface area contributed by atoms with Gasteiger partial charge in [0.2, 0.25) is 0 Å². The largest absolute Gasteiger partial charge is 0.489 e. The summed E-state index contributed by atoms with van der Waals surface area (Å²) in [5.74, 6) is 1.77. The number of H-pyrrole nitrogens is 1. The second-order valence-electron chi connectivity index (χ2n) is 10.6. The van der Waals surface area contributed by atoms with Crippen molar-refractivity contribution in [2.75, 3.05) is 6.54 Å². The molecule has 3 heterocycles. The average Bonchev–Trinajstić information content (AvgIpc) is 3.31. The van der Waals surface area contributed by atoms with E-state index in [9.17, 15) is 9.90 Å². The molecule has 2 N–H and O–H groups in total. The Kier molecular flexibility index (Phi) is 6.39. The van der Waals surface area contributed by atoms with Gasteiger partial charge in [0, 0.05) is 29.8 Å². The van der Waals surface area contributed by atoms with Gasteiger partial charge in [0.05, 0.1) is 5.52 Å². The van der Waals surface area contributed by atoms with Crippen molar-refractivity contribution < 1.29 is 14.6 Å². The van der Waals surface area contributed by atoms with Crippen molar-refractivity contribution in [1.82, 2.24) is 19.9 Å². The number of fused-ring (bicyclic) bond motifs is 1. The number of carbonyl (C=O) groups is 1. The Morgan fingerprint density at radius 2 is 1.81 bits per heavy atom. The Morgan fingerprint density at radius 1 is 1.06 bits per heavy atom. The molecular formula is C29H32N4O3. The van der Waals surface area contributed by atoms with Crippen molar-refractivity contribution >= 4 is 17.3 Å².